The number of nitrogens with zero attached hydrogens (tertiary/aromatic N) is 1. The van der Waals surface area contributed by atoms with Crippen LogP contribution in [-0.2, 0) is 21.4 Å². The zero-order chi connectivity index (χ0) is 18.7. The van der Waals surface area contributed by atoms with Gasteiger partial charge in [-0.1, -0.05) is 30.9 Å². The molecule has 1 aliphatic heterocycles. The predicted molar refractivity (Wildman–Crippen MR) is 97.4 cm³/mol. The second kappa shape index (κ2) is 8.33. The van der Waals surface area contributed by atoms with E-state index in [2.05, 4.69) is 0 Å². The van der Waals surface area contributed by atoms with Crippen LogP contribution in [0.5, 0.6) is 0 Å². The molecule has 3 rings (SSSR count). The van der Waals surface area contributed by atoms with Gasteiger partial charge >= 0.3 is 0 Å². The van der Waals surface area contributed by atoms with Crippen LogP contribution in [0.4, 0.5) is 4.39 Å². The molecular weight excluding hydrogens is 381 g/mol. The van der Waals surface area contributed by atoms with Crippen LogP contribution in [-0.4, -0.2) is 43.5 Å². The minimum atomic E-state index is -3.69. The Bertz CT molecular complexity index is 774. The molecule has 0 N–H and O–H groups in total. The van der Waals surface area contributed by atoms with Gasteiger partial charge in [0.1, 0.15) is 11.6 Å². The number of ether oxygens (including phenoxy) is 1. The molecule has 0 spiro atoms. The first-order chi connectivity index (χ1) is 12.4. The van der Waals surface area contributed by atoms with Crippen molar-refractivity contribution in [2.24, 2.45) is 0 Å². The van der Waals surface area contributed by atoms with Gasteiger partial charge in [-0.25, -0.2) is 17.1 Å². The van der Waals surface area contributed by atoms with E-state index in [0.29, 0.717) is 18.7 Å². The van der Waals surface area contributed by atoms with Crippen LogP contribution in [0.25, 0.3) is 0 Å². The van der Waals surface area contributed by atoms with Crippen molar-refractivity contribution in [2.45, 2.75) is 51.2 Å². The molecule has 1 aromatic carbocycles. The molecule has 1 aliphatic carbocycles. The maximum atomic E-state index is 14.4. The lowest BCUT2D eigenvalue weighted by atomic mass is 9.98. The molecule has 26 heavy (non-hydrogen) atoms. The Morgan fingerprint density at radius 2 is 1.88 bits per heavy atom. The second-order valence-corrected chi connectivity index (χ2v) is 9.30. The molecule has 0 unspecified atom stereocenters. The van der Waals surface area contributed by atoms with Gasteiger partial charge in [-0.05, 0) is 37.0 Å². The molecule has 0 bridgehead atoms. The van der Waals surface area contributed by atoms with Crippen molar-refractivity contribution < 1.29 is 22.3 Å². The second-order valence-electron chi connectivity index (χ2n) is 6.93. The molecule has 1 heterocycles. The lowest BCUT2D eigenvalue weighted by Crippen LogP contribution is -2.44. The van der Waals surface area contributed by atoms with E-state index >= 15 is 0 Å². The van der Waals surface area contributed by atoms with Crippen molar-refractivity contribution in [3.05, 3.63) is 34.1 Å². The number of carbonyl (C=O) groups is 1. The lowest BCUT2D eigenvalue weighted by Gasteiger charge is -2.29. The van der Waals surface area contributed by atoms with Crippen LogP contribution >= 0.6 is 11.6 Å². The highest BCUT2D eigenvalue weighted by atomic mass is 35.5. The summed E-state index contributed by atoms with van der Waals surface area (Å²) >= 11 is 6.18. The van der Waals surface area contributed by atoms with Crippen LogP contribution < -0.4 is 0 Å². The van der Waals surface area contributed by atoms with Gasteiger partial charge in [0.05, 0.1) is 18.3 Å². The number of hydrogen-bond acceptors (Lipinski definition) is 4. The van der Waals surface area contributed by atoms with Gasteiger partial charge < -0.3 is 4.74 Å². The number of rotatable bonds is 7. The average Bonchev–Trinajstić information content (AvgIpc) is 2.53. The fourth-order valence-electron chi connectivity index (χ4n) is 3.25. The third-order valence-electron chi connectivity index (χ3n) is 4.99. The van der Waals surface area contributed by atoms with Crippen LogP contribution in [0.3, 0.4) is 0 Å². The Morgan fingerprint density at radius 3 is 2.50 bits per heavy atom. The Kier molecular flexibility index (Phi) is 6.33. The molecule has 0 aromatic heterocycles. The van der Waals surface area contributed by atoms with Gasteiger partial charge in [-0.15, -0.1) is 0 Å². The van der Waals surface area contributed by atoms with E-state index < -0.39 is 27.4 Å². The Balaban J connectivity index is 1.66. The summed E-state index contributed by atoms with van der Waals surface area (Å²) in [5, 5.41) is 0.215. The number of carbonyl (C=O) groups excluding carboxylic acids is 1. The zero-order valence-corrected chi connectivity index (χ0v) is 16.1. The molecule has 0 amide bonds. The molecule has 144 valence electrons. The Morgan fingerprint density at radius 1 is 1.19 bits per heavy atom. The number of Topliss-reactive ketones (excluding diaryl/α,β-unsaturated/α-hetero) is 1. The summed E-state index contributed by atoms with van der Waals surface area (Å²) in [6.45, 7) is 1.01. The van der Waals surface area contributed by atoms with E-state index in [4.69, 9.17) is 16.3 Å². The number of halogens is 2. The summed E-state index contributed by atoms with van der Waals surface area (Å²) < 4.78 is 45.5. The molecule has 1 saturated carbocycles. The normalized spacial score (nSPS) is 19.3. The van der Waals surface area contributed by atoms with Gasteiger partial charge in [0.2, 0.25) is 10.0 Å². The van der Waals surface area contributed by atoms with Crippen LogP contribution in [0.1, 0.15) is 54.4 Å². The monoisotopic (exact) mass is 403 g/mol. The first kappa shape index (κ1) is 19.7. The smallest absolute Gasteiger partial charge is 0.221 e. The molecule has 0 radical (unpaired) electrons. The maximum Gasteiger partial charge on any atom is 0.221 e. The zero-order valence-electron chi connectivity index (χ0n) is 14.5. The summed E-state index contributed by atoms with van der Waals surface area (Å²) in [6, 6.07) is 2.39. The molecule has 5 nitrogen and oxygen atoms in total. The largest absolute Gasteiger partial charge is 0.373 e. The summed E-state index contributed by atoms with van der Waals surface area (Å²) in [6.07, 6.45) is 6.40. The van der Waals surface area contributed by atoms with Crippen molar-refractivity contribution in [2.75, 3.05) is 18.8 Å². The molecule has 8 heteroatoms. The summed E-state index contributed by atoms with van der Waals surface area (Å²) in [5.41, 5.74) is 0.178. The summed E-state index contributed by atoms with van der Waals surface area (Å²) in [7, 11) is -3.69. The molecular formula is C18H23ClFNO4S. The highest BCUT2D eigenvalue weighted by molar-refractivity contribution is 7.89. The molecule has 2 aliphatic rings. The van der Waals surface area contributed by atoms with E-state index in [1.807, 2.05) is 0 Å². The minimum absolute atomic E-state index is 0.158. The van der Waals surface area contributed by atoms with E-state index in [-0.39, 0.29) is 23.3 Å². The van der Waals surface area contributed by atoms with Crippen LogP contribution in [0.15, 0.2) is 12.1 Å². The molecule has 2 fully saturated rings. The fraction of sp³-hybridized carbons (Fsp3) is 0.611. The van der Waals surface area contributed by atoms with Gasteiger partial charge in [0.15, 0.2) is 5.78 Å². The van der Waals surface area contributed by atoms with E-state index in [9.17, 15) is 17.6 Å². The van der Waals surface area contributed by atoms with Crippen molar-refractivity contribution in [3.8, 4) is 0 Å². The molecule has 1 saturated heterocycles. The van der Waals surface area contributed by atoms with Crippen LogP contribution in [0, 0.1) is 5.82 Å². The van der Waals surface area contributed by atoms with Crippen molar-refractivity contribution in [3.63, 3.8) is 0 Å². The third kappa shape index (κ3) is 4.63. The highest BCUT2D eigenvalue weighted by Gasteiger charge is 2.31. The van der Waals surface area contributed by atoms with Crippen LogP contribution in [0.2, 0.25) is 5.02 Å². The number of ketones is 1. The predicted octanol–water partition coefficient (Wildman–Crippen LogP) is 3.55. The Labute approximate surface area is 158 Å². The summed E-state index contributed by atoms with van der Waals surface area (Å²) in [5.74, 6) is -2.28. The van der Waals surface area contributed by atoms with Gasteiger partial charge in [-0.2, -0.15) is 0 Å². The SMILES string of the molecule is O=C(CS(=O)(=O)N1CCC1)c1cc(Cl)c(COC2CCCCC2)cc1F. The van der Waals surface area contributed by atoms with E-state index in [1.165, 1.54) is 22.9 Å². The number of hydrogen-bond donors (Lipinski definition) is 0. The van der Waals surface area contributed by atoms with E-state index in [1.54, 1.807) is 0 Å². The Hall–Kier alpha value is -1.02. The molecule has 1 aromatic rings. The van der Waals surface area contributed by atoms with Gasteiger partial charge in [0, 0.05) is 18.1 Å². The maximum absolute atomic E-state index is 14.4. The first-order valence-electron chi connectivity index (χ1n) is 8.97. The topological polar surface area (TPSA) is 63.7 Å². The van der Waals surface area contributed by atoms with Crippen molar-refractivity contribution in [1.29, 1.82) is 0 Å². The summed E-state index contributed by atoms with van der Waals surface area (Å²) in [4.78, 5) is 12.3. The van der Waals surface area contributed by atoms with Crippen molar-refractivity contribution in [1.82, 2.24) is 4.31 Å². The minimum Gasteiger partial charge on any atom is -0.373 e. The van der Waals surface area contributed by atoms with Gasteiger partial charge in [0.25, 0.3) is 0 Å². The fourth-order valence-corrected chi connectivity index (χ4v) is 4.95. The lowest BCUT2D eigenvalue weighted by molar-refractivity contribution is 0.0168. The third-order valence-corrected chi connectivity index (χ3v) is 7.12. The highest BCUT2D eigenvalue weighted by Crippen LogP contribution is 2.26. The van der Waals surface area contributed by atoms with Gasteiger partial charge in [-0.3, -0.25) is 4.79 Å². The van der Waals surface area contributed by atoms with E-state index in [0.717, 1.165) is 32.1 Å². The average molecular weight is 404 g/mol. The van der Waals surface area contributed by atoms with Crippen molar-refractivity contribution >= 4 is 27.4 Å². The number of benzene rings is 1. The molecule has 0 atom stereocenters. The standard InChI is InChI=1S/C18H23ClFNO4S/c19-16-10-15(18(22)12-26(23,24)21-7-4-8-21)17(20)9-13(16)11-25-14-5-2-1-3-6-14/h9-10,14H,1-8,11-12H2. The first-order valence-corrected chi connectivity index (χ1v) is 11.0. The quantitative estimate of drug-likeness (QED) is 0.653. The number of sulfonamides is 1.